The third-order valence-electron chi connectivity index (χ3n) is 7.88. The van der Waals surface area contributed by atoms with Gasteiger partial charge in [0, 0.05) is 22.0 Å². The highest BCUT2D eigenvalue weighted by Gasteiger charge is 2.51. The molecule has 1 unspecified atom stereocenters. The van der Waals surface area contributed by atoms with E-state index >= 15 is 0 Å². The lowest BCUT2D eigenvalue weighted by molar-refractivity contribution is -0.0607. The van der Waals surface area contributed by atoms with Gasteiger partial charge < -0.3 is 9.84 Å². The van der Waals surface area contributed by atoms with Crippen molar-refractivity contribution in [3.63, 3.8) is 0 Å². The predicted molar refractivity (Wildman–Crippen MR) is 109 cm³/mol. The van der Waals surface area contributed by atoms with Gasteiger partial charge in [0.1, 0.15) is 0 Å². The van der Waals surface area contributed by atoms with Crippen LogP contribution in [-0.2, 0) is 12.8 Å². The number of amides is 1. The molecular formula is C23H28N2O2S. The fraction of sp³-hybridized carbons (Fsp3) is 0.652. The highest BCUT2D eigenvalue weighted by atomic mass is 32.1. The van der Waals surface area contributed by atoms with E-state index in [-0.39, 0.29) is 11.9 Å². The van der Waals surface area contributed by atoms with Crippen LogP contribution in [0.1, 0.15) is 72.8 Å². The predicted octanol–water partition coefficient (Wildman–Crippen LogP) is 5.23. The Kier molecular flexibility index (Phi) is 3.81. The minimum Gasteiger partial charge on any atom is -0.355 e. The van der Waals surface area contributed by atoms with E-state index in [9.17, 15) is 4.79 Å². The van der Waals surface area contributed by atoms with Gasteiger partial charge in [0.15, 0.2) is 11.5 Å². The van der Waals surface area contributed by atoms with Gasteiger partial charge in [-0.1, -0.05) is 5.16 Å². The Balaban J connectivity index is 1.17. The molecular weight excluding hydrogens is 368 g/mol. The highest BCUT2D eigenvalue weighted by molar-refractivity contribution is 7.10. The normalized spacial score (nSPS) is 33.4. The maximum Gasteiger partial charge on any atom is 0.273 e. The number of fused-ring (bicyclic) bond motifs is 3. The molecule has 2 aromatic rings. The summed E-state index contributed by atoms with van der Waals surface area (Å²) in [6.07, 6.45) is 11.5. The van der Waals surface area contributed by atoms with Crippen molar-refractivity contribution in [1.82, 2.24) is 10.5 Å². The van der Waals surface area contributed by atoms with Crippen LogP contribution in [0.4, 0.5) is 0 Å². The molecule has 28 heavy (non-hydrogen) atoms. The smallest absolute Gasteiger partial charge is 0.273 e. The SMILES string of the molecule is CC(CC12CC3CC(CC(C3)C1)C2)NC(=O)c1noc2c1CCc1sccc1-2. The Morgan fingerprint density at radius 2 is 1.96 bits per heavy atom. The van der Waals surface area contributed by atoms with E-state index in [1.807, 2.05) is 0 Å². The molecule has 0 saturated heterocycles. The fourth-order valence-electron chi connectivity index (χ4n) is 7.44. The Bertz CT molecular complexity index is 892. The zero-order valence-corrected chi connectivity index (χ0v) is 17.3. The number of aryl methyl sites for hydroxylation is 1. The van der Waals surface area contributed by atoms with Gasteiger partial charge in [-0.3, -0.25) is 4.79 Å². The molecule has 2 aromatic heterocycles. The molecule has 0 aromatic carbocycles. The summed E-state index contributed by atoms with van der Waals surface area (Å²) in [5, 5.41) is 9.53. The maximum absolute atomic E-state index is 13.0. The Labute approximate surface area is 170 Å². The summed E-state index contributed by atoms with van der Waals surface area (Å²) in [6.45, 7) is 2.18. The van der Waals surface area contributed by atoms with Crippen LogP contribution in [0.3, 0.4) is 0 Å². The van der Waals surface area contributed by atoms with Crippen LogP contribution in [0.5, 0.6) is 0 Å². The zero-order valence-electron chi connectivity index (χ0n) is 16.5. The Hall–Kier alpha value is -1.62. The molecule has 0 aliphatic heterocycles. The number of carbonyl (C=O) groups is 1. The molecule has 0 radical (unpaired) electrons. The molecule has 1 atom stereocenters. The first-order valence-electron chi connectivity index (χ1n) is 10.9. The minimum absolute atomic E-state index is 0.0547. The van der Waals surface area contributed by atoms with Crippen LogP contribution in [0.2, 0.25) is 0 Å². The number of hydrogen-bond acceptors (Lipinski definition) is 4. The quantitative estimate of drug-likeness (QED) is 0.770. The van der Waals surface area contributed by atoms with Gasteiger partial charge in [-0.05, 0) is 99.3 Å². The number of nitrogens with one attached hydrogen (secondary N) is 1. The molecule has 4 saturated carbocycles. The van der Waals surface area contributed by atoms with Gasteiger partial charge in [0.05, 0.1) is 0 Å². The fourth-order valence-corrected chi connectivity index (χ4v) is 8.31. The van der Waals surface area contributed by atoms with Crippen molar-refractivity contribution in [3.8, 4) is 11.3 Å². The first-order chi connectivity index (χ1) is 13.6. The first kappa shape index (κ1) is 17.3. The number of thiophene rings is 1. The van der Waals surface area contributed by atoms with Crippen LogP contribution in [0.15, 0.2) is 16.0 Å². The lowest BCUT2D eigenvalue weighted by atomic mass is 9.48. The molecule has 1 amide bonds. The molecule has 5 heteroatoms. The van der Waals surface area contributed by atoms with Crippen molar-refractivity contribution >= 4 is 17.2 Å². The molecule has 7 rings (SSSR count). The summed E-state index contributed by atoms with van der Waals surface area (Å²) in [5.74, 6) is 3.62. The number of hydrogen-bond donors (Lipinski definition) is 1. The Morgan fingerprint density at radius 1 is 1.25 bits per heavy atom. The van der Waals surface area contributed by atoms with Crippen molar-refractivity contribution < 1.29 is 9.32 Å². The van der Waals surface area contributed by atoms with E-state index < -0.39 is 0 Å². The van der Waals surface area contributed by atoms with Crippen molar-refractivity contribution in [1.29, 1.82) is 0 Å². The number of aromatic nitrogens is 1. The second-order valence-corrected chi connectivity index (χ2v) is 11.1. The molecule has 0 spiro atoms. The van der Waals surface area contributed by atoms with Crippen LogP contribution >= 0.6 is 11.3 Å². The van der Waals surface area contributed by atoms with E-state index in [0.29, 0.717) is 11.1 Å². The average Bonchev–Trinajstić information content (AvgIpc) is 3.26. The van der Waals surface area contributed by atoms with Crippen LogP contribution in [-0.4, -0.2) is 17.1 Å². The van der Waals surface area contributed by atoms with Gasteiger partial charge in [0.2, 0.25) is 0 Å². The van der Waals surface area contributed by atoms with Crippen molar-refractivity contribution in [2.24, 2.45) is 23.2 Å². The van der Waals surface area contributed by atoms with Crippen LogP contribution in [0.25, 0.3) is 11.3 Å². The molecule has 4 fully saturated rings. The maximum atomic E-state index is 13.0. The standard InChI is InChI=1S/C23H28N2O2S/c1-13(9-23-10-14-6-15(11-23)8-16(7-14)12-23)24-22(26)20-18-2-3-19-17(4-5-28-19)21(18)27-25-20/h4-5,13-16H,2-3,6-12H2,1H3,(H,24,26). The summed E-state index contributed by atoms with van der Waals surface area (Å²) in [7, 11) is 0. The van der Waals surface area contributed by atoms with Gasteiger partial charge in [-0.25, -0.2) is 0 Å². The average molecular weight is 397 g/mol. The van der Waals surface area contributed by atoms with Crippen LogP contribution < -0.4 is 5.32 Å². The van der Waals surface area contributed by atoms with E-state index in [1.165, 1.54) is 43.4 Å². The van der Waals surface area contributed by atoms with Crippen molar-refractivity contribution in [3.05, 3.63) is 27.6 Å². The monoisotopic (exact) mass is 396 g/mol. The molecule has 2 heterocycles. The van der Waals surface area contributed by atoms with Gasteiger partial charge >= 0.3 is 0 Å². The first-order valence-corrected chi connectivity index (χ1v) is 11.8. The lowest BCUT2D eigenvalue weighted by Gasteiger charge is -2.57. The third kappa shape index (κ3) is 2.69. The van der Waals surface area contributed by atoms with Gasteiger partial charge in [0.25, 0.3) is 5.91 Å². The van der Waals surface area contributed by atoms with Gasteiger partial charge in [-0.2, -0.15) is 0 Å². The highest BCUT2D eigenvalue weighted by Crippen LogP contribution is 2.61. The summed E-state index contributed by atoms with van der Waals surface area (Å²) in [4.78, 5) is 14.3. The molecule has 4 bridgehead atoms. The van der Waals surface area contributed by atoms with E-state index in [0.717, 1.165) is 53.9 Å². The molecule has 4 nitrogen and oxygen atoms in total. The van der Waals surface area contributed by atoms with Crippen molar-refractivity contribution in [2.75, 3.05) is 0 Å². The summed E-state index contributed by atoms with van der Waals surface area (Å²) >= 11 is 1.76. The third-order valence-corrected chi connectivity index (χ3v) is 8.86. The summed E-state index contributed by atoms with van der Waals surface area (Å²) < 4.78 is 5.60. The Morgan fingerprint density at radius 3 is 2.68 bits per heavy atom. The van der Waals surface area contributed by atoms with E-state index in [4.69, 9.17) is 4.52 Å². The number of rotatable bonds is 4. The second-order valence-electron chi connectivity index (χ2n) is 10.1. The van der Waals surface area contributed by atoms with Gasteiger partial charge in [-0.15, -0.1) is 11.3 Å². The summed E-state index contributed by atoms with van der Waals surface area (Å²) in [5.41, 5.74) is 3.10. The van der Waals surface area contributed by atoms with Crippen LogP contribution in [0, 0.1) is 23.2 Å². The molecule has 1 N–H and O–H groups in total. The van der Waals surface area contributed by atoms with E-state index in [1.54, 1.807) is 11.3 Å². The largest absolute Gasteiger partial charge is 0.355 e. The second kappa shape index (κ2) is 6.19. The molecule has 5 aliphatic carbocycles. The number of nitrogens with zero attached hydrogens (tertiary/aromatic N) is 1. The number of carbonyl (C=O) groups excluding carboxylic acids is 1. The molecule has 148 valence electrons. The lowest BCUT2D eigenvalue weighted by Crippen LogP contribution is -2.49. The zero-order chi connectivity index (χ0) is 18.9. The molecule has 5 aliphatic rings. The topological polar surface area (TPSA) is 55.1 Å². The van der Waals surface area contributed by atoms with Crippen molar-refractivity contribution in [2.45, 2.75) is 70.8 Å². The van der Waals surface area contributed by atoms with E-state index in [2.05, 4.69) is 28.8 Å². The minimum atomic E-state index is -0.0547. The summed E-state index contributed by atoms with van der Waals surface area (Å²) in [6, 6.07) is 2.27.